The first-order chi connectivity index (χ1) is 13.1. The van der Waals surface area contributed by atoms with E-state index in [2.05, 4.69) is 0 Å². The monoisotopic (exact) mass is 356 g/mol. The lowest BCUT2D eigenvalue weighted by atomic mass is 9.97. The average Bonchev–Trinajstić information content (AvgIpc) is 2.67. The van der Waals surface area contributed by atoms with Crippen LogP contribution >= 0.6 is 0 Å². The van der Waals surface area contributed by atoms with Gasteiger partial charge in [0.2, 0.25) is 0 Å². The minimum Gasteiger partial charge on any atom is -0.545 e. The van der Waals surface area contributed by atoms with Gasteiger partial charge in [0.05, 0.1) is 29.4 Å². The Bertz CT molecular complexity index is 1180. The van der Waals surface area contributed by atoms with E-state index in [1.807, 2.05) is 68.4 Å². The lowest BCUT2D eigenvalue weighted by molar-refractivity contribution is -0.254. The van der Waals surface area contributed by atoms with Crippen molar-refractivity contribution in [2.75, 3.05) is 6.61 Å². The molecule has 4 heteroatoms. The number of ether oxygens (including phenoxy) is 1. The molecule has 0 spiro atoms. The first-order valence-corrected chi connectivity index (χ1v) is 8.86. The highest BCUT2D eigenvalue weighted by molar-refractivity contribution is 6.05. The SMILES string of the molecule is CCOc1ccc2ccccc2c1-c1cc(C(=O)[O-])c2cc(C)ccc2n1. The summed E-state index contributed by atoms with van der Waals surface area (Å²) < 4.78 is 5.83. The van der Waals surface area contributed by atoms with E-state index in [0.29, 0.717) is 29.0 Å². The highest BCUT2D eigenvalue weighted by atomic mass is 16.5. The summed E-state index contributed by atoms with van der Waals surface area (Å²) in [6, 6.07) is 19.0. The van der Waals surface area contributed by atoms with Crippen molar-refractivity contribution in [1.82, 2.24) is 4.98 Å². The molecule has 0 amide bonds. The summed E-state index contributed by atoms with van der Waals surface area (Å²) >= 11 is 0. The number of aromatic nitrogens is 1. The Hall–Kier alpha value is -3.40. The van der Waals surface area contributed by atoms with Gasteiger partial charge in [0.15, 0.2) is 0 Å². The van der Waals surface area contributed by atoms with Crippen LogP contribution in [0.2, 0.25) is 0 Å². The number of hydrogen-bond donors (Lipinski definition) is 0. The summed E-state index contributed by atoms with van der Waals surface area (Å²) in [6.07, 6.45) is 0. The summed E-state index contributed by atoms with van der Waals surface area (Å²) in [5.74, 6) is -0.535. The van der Waals surface area contributed by atoms with E-state index in [4.69, 9.17) is 9.72 Å². The van der Waals surface area contributed by atoms with E-state index < -0.39 is 5.97 Å². The first kappa shape index (κ1) is 17.0. The van der Waals surface area contributed by atoms with E-state index in [1.165, 1.54) is 0 Å². The molecular formula is C23H18NO3-. The van der Waals surface area contributed by atoms with Crippen LogP contribution < -0.4 is 9.84 Å². The van der Waals surface area contributed by atoms with Crippen LogP contribution in [0.5, 0.6) is 5.75 Å². The summed E-state index contributed by atoms with van der Waals surface area (Å²) in [5.41, 5.74) is 3.08. The number of hydrogen-bond acceptors (Lipinski definition) is 4. The van der Waals surface area contributed by atoms with Crippen LogP contribution in [0.15, 0.2) is 60.7 Å². The Morgan fingerprint density at radius 3 is 2.63 bits per heavy atom. The Morgan fingerprint density at radius 2 is 1.85 bits per heavy atom. The van der Waals surface area contributed by atoms with E-state index in [1.54, 1.807) is 6.07 Å². The maximum Gasteiger partial charge on any atom is 0.129 e. The predicted molar refractivity (Wildman–Crippen MR) is 105 cm³/mol. The number of carboxylic acids is 1. The molecule has 0 N–H and O–H groups in total. The number of carbonyl (C=O) groups excluding carboxylic acids is 1. The van der Waals surface area contributed by atoms with Gasteiger partial charge in [-0.2, -0.15) is 0 Å². The molecule has 0 aliphatic carbocycles. The van der Waals surface area contributed by atoms with Crippen LogP contribution in [0.3, 0.4) is 0 Å². The van der Waals surface area contributed by atoms with Crippen LogP contribution in [0.4, 0.5) is 0 Å². The zero-order valence-electron chi connectivity index (χ0n) is 15.2. The predicted octanol–water partition coefficient (Wildman–Crippen LogP) is 4.13. The first-order valence-electron chi connectivity index (χ1n) is 8.86. The number of benzene rings is 3. The van der Waals surface area contributed by atoms with Gasteiger partial charge in [-0.1, -0.05) is 42.0 Å². The van der Waals surface area contributed by atoms with Gasteiger partial charge in [-0.25, -0.2) is 4.98 Å². The summed E-state index contributed by atoms with van der Waals surface area (Å²) in [7, 11) is 0. The van der Waals surface area contributed by atoms with Gasteiger partial charge in [-0.15, -0.1) is 0 Å². The number of aryl methyl sites for hydroxylation is 1. The molecule has 27 heavy (non-hydrogen) atoms. The van der Waals surface area contributed by atoms with Crippen molar-refractivity contribution in [1.29, 1.82) is 0 Å². The molecule has 3 aromatic carbocycles. The van der Waals surface area contributed by atoms with Gasteiger partial charge in [0.1, 0.15) is 5.75 Å². The highest BCUT2D eigenvalue weighted by Crippen LogP contribution is 2.37. The van der Waals surface area contributed by atoms with Gasteiger partial charge in [0, 0.05) is 10.9 Å². The fourth-order valence-corrected chi connectivity index (χ4v) is 3.43. The highest BCUT2D eigenvalue weighted by Gasteiger charge is 2.15. The molecule has 0 aliphatic rings. The number of fused-ring (bicyclic) bond motifs is 2. The van der Waals surface area contributed by atoms with Crippen LogP contribution in [0, 0.1) is 6.92 Å². The fraction of sp³-hybridized carbons (Fsp3) is 0.130. The van der Waals surface area contributed by atoms with E-state index >= 15 is 0 Å². The number of carbonyl (C=O) groups is 1. The Labute approximate surface area is 157 Å². The maximum absolute atomic E-state index is 11.8. The summed E-state index contributed by atoms with van der Waals surface area (Å²) in [5, 5.41) is 14.4. The third kappa shape index (κ3) is 2.99. The molecule has 0 atom stereocenters. The quantitative estimate of drug-likeness (QED) is 0.552. The third-order valence-electron chi connectivity index (χ3n) is 4.63. The Morgan fingerprint density at radius 1 is 1.04 bits per heavy atom. The molecule has 134 valence electrons. The molecule has 4 nitrogen and oxygen atoms in total. The Balaban J connectivity index is 2.09. The molecule has 0 saturated heterocycles. The second kappa shape index (κ2) is 6.72. The number of carboxylic acid groups (broad SMARTS) is 1. The standard InChI is InChI=1S/C23H19NO3/c1-3-27-21-11-9-15-6-4-5-7-16(15)22(21)20-13-18(23(25)26)17-12-14(2)8-10-19(17)24-20/h4-13H,3H2,1-2H3,(H,25,26)/p-1. The van der Waals surface area contributed by atoms with E-state index in [9.17, 15) is 9.90 Å². The molecule has 0 aliphatic heterocycles. The third-order valence-corrected chi connectivity index (χ3v) is 4.63. The minimum atomic E-state index is -1.22. The molecule has 1 heterocycles. The number of aromatic carboxylic acids is 1. The lowest BCUT2D eigenvalue weighted by Crippen LogP contribution is -2.22. The van der Waals surface area contributed by atoms with Crippen molar-refractivity contribution in [3.8, 4) is 17.0 Å². The smallest absolute Gasteiger partial charge is 0.129 e. The molecule has 0 bridgehead atoms. The maximum atomic E-state index is 11.8. The van der Waals surface area contributed by atoms with Crippen LogP contribution in [-0.2, 0) is 0 Å². The minimum absolute atomic E-state index is 0.133. The van der Waals surface area contributed by atoms with Gasteiger partial charge < -0.3 is 14.6 Å². The van der Waals surface area contributed by atoms with Gasteiger partial charge in [-0.05, 0) is 48.9 Å². The summed E-state index contributed by atoms with van der Waals surface area (Å²) in [4.78, 5) is 16.6. The second-order valence-electron chi connectivity index (χ2n) is 6.46. The molecule has 0 saturated carbocycles. The average molecular weight is 356 g/mol. The van der Waals surface area contributed by atoms with Crippen LogP contribution in [0.25, 0.3) is 32.9 Å². The van der Waals surface area contributed by atoms with Gasteiger partial charge in [-0.3, -0.25) is 0 Å². The number of pyridine rings is 1. The van der Waals surface area contributed by atoms with Crippen molar-refractivity contribution in [3.63, 3.8) is 0 Å². The van der Waals surface area contributed by atoms with Crippen molar-refractivity contribution < 1.29 is 14.6 Å². The fourth-order valence-electron chi connectivity index (χ4n) is 3.43. The van der Waals surface area contributed by atoms with Crippen molar-refractivity contribution in [2.24, 2.45) is 0 Å². The molecule has 0 fully saturated rings. The van der Waals surface area contributed by atoms with Gasteiger partial charge in [0.25, 0.3) is 0 Å². The molecule has 0 radical (unpaired) electrons. The van der Waals surface area contributed by atoms with Crippen molar-refractivity contribution >= 4 is 27.6 Å². The van der Waals surface area contributed by atoms with E-state index in [0.717, 1.165) is 21.9 Å². The normalized spacial score (nSPS) is 11.0. The molecular weight excluding hydrogens is 338 g/mol. The largest absolute Gasteiger partial charge is 0.545 e. The topological polar surface area (TPSA) is 62.2 Å². The summed E-state index contributed by atoms with van der Waals surface area (Å²) in [6.45, 7) is 4.35. The second-order valence-corrected chi connectivity index (χ2v) is 6.46. The zero-order valence-corrected chi connectivity index (χ0v) is 15.2. The Kier molecular flexibility index (Phi) is 4.24. The molecule has 4 aromatic rings. The van der Waals surface area contributed by atoms with Gasteiger partial charge >= 0.3 is 0 Å². The lowest BCUT2D eigenvalue weighted by Gasteiger charge is -2.16. The number of rotatable bonds is 4. The van der Waals surface area contributed by atoms with E-state index in [-0.39, 0.29) is 5.56 Å². The molecule has 0 unspecified atom stereocenters. The van der Waals surface area contributed by atoms with Crippen molar-refractivity contribution in [2.45, 2.75) is 13.8 Å². The zero-order chi connectivity index (χ0) is 19.0. The molecule has 1 aromatic heterocycles. The molecule has 4 rings (SSSR count). The number of nitrogens with zero attached hydrogens (tertiary/aromatic N) is 1. The van der Waals surface area contributed by atoms with Crippen molar-refractivity contribution in [3.05, 3.63) is 71.8 Å². The van der Waals surface area contributed by atoms with Crippen LogP contribution in [0.1, 0.15) is 22.8 Å². The van der Waals surface area contributed by atoms with Crippen LogP contribution in [-0.4, -0.2) is 17.6 Å².